The molecule has 0 saturated carbocycles. The molecule has 1 heteroatoms. The molecule has 1 heterocycles. The maximum absolute atomic E-state index is 4.51. The van der Waals surface area contributed by atoms with Gasteiger partial charge in [0, 0.05) is 11.8 Å². The van der Waals surface area contributed by atoms with Gasteiger partial charge >= 0.3 is 0 Å². The van der Waals surface area contributed by atoms with Gasteiger partial charge in [0.15, 0.2) is 0 Å². The number of nitrogens with zero attached hydrogens (tertiary/aromatic N) is 1. The van der Waals surface area contributed by atoms with Crippen LogP contribution in [0.1, 0.15) is 11.1 Å². The maximum atomic E-state index is 4.51. The zero-order valence-electron chi connectivity index (χ0n) is 11.1. The first-order chi connectivity index (χ1) is 9.92. The first-order valence-electron chi connectivity index (χ1n) is 6.66. The van der Waals surface area contributed by atoms with E-state index in [2.05, 4.69) is 53.5 Å². The molecule has 0 aliphatic rings. The van der Waals surface area contributed by atoms with Gasteiger partial charge in [-0.1, -0.05) is 78.9 Å². The Morgan fingerprint density at radius 2 is 1.25 bits per heavy atom. The Kier molecular flexibility index (Phi) is 3.70. The van der Waals surface area contributed by atoms with Crippen molar-refractivity contribution in [3.8, 4) is 11.3 Å². The Labute approximate surface area is 119 Å². The van der Waals surface area contributed by atoms with Crippen molar-refractivity contribution in [3.63, 3.8) is 0 Å². The molecule has 0 amide bonds. The van der Waals surface area contributed by atoms with Gasteiger partial charge in [-0.2, -0.15) is 0 Å². The van der Waals surface area contributed by atoms with Crippen molar-refractivity contribution >= 4 is 12.2 Å². The molecular formula is C19H15N. The Balaban J connectivity index is 1.79. The second kappa shape index (κ2) is 5.98. The summed E-state index contributed by atoms with van der Waals surface area (Å²) in [6.45, 7) is 0. The fourth-order valence-electron chi connectivity index (χ4n) is 2.04. The molecule has 0 N–H and O–H groups in total. The summed E-state index contributed by atoms with van der Waals surface area (Å²) in [4.78, 5) is 4.51. The van der Waals surface area contributed by atoms with Crippen molar-refractivity contribution in [2.75, 3.05) is 0 Å². The van der Waals surface area contributed by atoms with Crippen molar-refractivity contribution in [2.24, 2.45) is 0 Å². The van der Waals surface area contributed by atoms with Gasteiger partial charge in [0.1, 0.15) is 0 Å². The van der Waals surface area contributed by atoms with Crippen LogP contribution in [0.4, 0.5) is 0 Å². The van der Waals surface area contributed by atoms with Crippen LogP contribution >= 0.6 is 0 Å². The normalized spacial score (nSPS) is 10.8. The number of hydrogen-bond donors (Lipinski definition) is 0. The smallest absolute Gasteiger partial charge is 0.0702 e. The lowest BCUT2D eigenvalue weighted by molar-refractivity contribution is 1.31. The number of rotatable bonds is 3. The van der Waals surface area contributed by atoms with Gasteiger partial charge in [-0.25, -0.2) is 0 Å². The van der Waals surface area contributed by atoms with Gasteiger partial charge in [0.25, 0.3) is 0 Å². The average Bonchev–Trinajstić information content (AvgIpc) is 2.55. The summed E-state index contributed by atoms with van der Waals surface area (Å²) < 4.78 is 0. The van der Waals surface area contributed by atoms with E-state index in [4.69, 9.17) is 0 Å². The number of pyridine rings is 1. The van der Waals surface area contributed by atoms with Crippen LogP contribution in [0.5, 0.6) is 0 Å². The van der Waals surface area contributed by atoms with Crippen molar-refractivity contribution in [2.45, 2.75) is 0 Å². The molecule has 2 aromatic carbocycles. The molecule has 0 spiro atoms. The van der Waals surface area contributed by atoms with E-state index in [-0.39, 0.29) is 0 Å². The van der Waals surface area contributed by atoms with Crippen LogP contribution in [0.25, 0.3) is 23.4 Å². The topological polar surface area (TPSA) is 12.9 Å². The van der Waals surface area contributed by atoms with Crippen LogP contribution in [0.3, 0.4) is 0 Å². The average molecular weight is 257 g/mol. The van der Waals surface area contributed by atoms with Gasteiger partial charge in [0.05, 0.1) is 5.69 Å². The fraction of sp³-hybridized carbons (Fsp3) is 0. The minimum Gasteiger partial charge on any atom is -0.256 e. The van der Waals surface area contributed by atoms with E-state index in [0.29, 0.717) is 0 Å². The summed E-state index contributed by atoms with van der Waals surface area (Å²) >= 11 is 0. The van der Waals surface area contributed by atoms with Crippen molar-refractivity contribution < 1.29 is 0 Å². The fourth-order valence-corrected chi connectivity index (χ4v) is 2.04. The zero-order chi connectivity index (χ0) is 13.6. The Morgan fingerprint density at radius 3 is 1.90 bits per heavy atom. The lowest BCUT2D eigenvalue weighted by Crippen LogP contribution is -1.83. The van der Waals surface area contributed by atoms with Gasteiger partial charge in [-0.15, -0.1) is 0 Å². The lowest BCUT2D eigenvalue weighted by Gasteiger charge is -2.00. The van der Waals surface area contributed by atoms with E-state index in [0.717, 1.165) is 16.8 Å². The molecule has 3 rings (SSSR count). The van der Waals surface area contributed by atoms with Crippen molar-refractivity contribution in [1.29, 1.82) is 0 Å². The standard InChI is InChI=1S/C19H15N/c1-3-7-16(8-4-1)11-12-17-13-14-19(20-15-17)18-9-5-2-6-10-18/h1-15H/b12-11+. The SMILES string of the molecule is C(=C\c1ccc(-c2ccccc2)nc1)/c1ccccc1. The predicted octanol–water partition coefficient (Wildman–Crippen LogP) is 4.92. The van der Waals surface area contributed by atoms with E-state index in [1.165, 1.54) is 5.56 Å². The van der Waals surface area contributed by atoms with Crippen molar-refractivity contribution in [1.82, 2.24) is 4.98 Å². The van der Waals surface area contributed by atoms with Crippen LogP contribution in [-0.2, 0) is 0 Å². The van der Waals surface area contributed by atoms with Crippen LogP contribution in [0.2, 0.25) is 0 Å². The minimum atomic E-state index is 1.00. The third-order valence-corrected chi connectivity index (χ3v) is 3.12. The Morgan fingerprint density at radius 1 is 0.600 bits per heavy atom. The minimum absolute atomic E-state index is 1.00. The zero-order valence-corrected chi connectivity index (χ0v) is 11.1. The van der Waals surface area contributed by atoms with E-state index < -0.39 is 0 Å². The highest BCUT2D eigenvalue weighted by Crippen LogP contribution is 2.17. The molecule has 0 radical (unpaired) electrons. The monoisotopic (exact) mass is 257 g/mol. The predicted molar refractivity (Wildman–Crippen MR) is 85.0 cm³/mol. The molecule has 3 aromatic rings. The largest absolute Gasteiger partial charge is 0.256 e. The Bertz CT molecular complexity index is 683. The highest BCUT2D eigenvalue weighted by Gasteiger charge is 1.97. The van der Waals surface area contributed by atoms with Crippen LogP contribution in [-0.4, -0.2) is 4.98 Å². The molecule has 0 aliphatic carbocycles. The highest BCUT2D eigenvalue weighted by atomic mass is 14.7. The van der Waals surface area contributed by atoms with E-state index in [1.54, 1.807) is 0 Å². The summed E-state index contributed by atoms with van der Waals surface area (Å²) in [5.74, 6) is 0. The quantitative estimate of drug-likeness (QED) is 0.649. The highest BCUT2D eigenvalue weighted by molar-refractivity contribution is 5.70. The van der Waals surface area contributed by atoms with Crippen molar-refractivity contribution in [3.05, 3.63) is 90.1 Å². The summed E-state index contributed by atoms with van der Waals surface area (Å²) in [5, 5.41) is 0. The molecule has 0 atom stereocenters. The number of hydrogen-bond acceptors (Lipinski definition) is 1. The molecular weight excluding hydrogens is 242 g/mol. The molecule has 1 nitrogen and oxygen atoms in total. The maximum Gasteiger partial charge on any atom is 0.0702 e. The Hall–Kier alpha value is -2.67. The molecule has 1 aromatic heterocycles. The molecule has 0 fully saturated rings. The van der Waals surface area contributed by atoms with Crippen LogP contribution in [0, 0.1) is 0 Å². The molecule has 0 saturated heterocycles. The molecule has 20 heavy (non-hydrogen) atoms. The summed E-state index contributed by atoms with van der Waals surface area (Å²) in [5.41, 5.74) is 4.45. The molecule has 0 aliphatic heterocycles. The van der Waals surface area contributed by atoms with E-state index >= 15 is 0 Å². The third kappa shape index (κ3) is 3.01. The third-order valence-electron chi connectivity index (χ3n) is 3.12. The molecule has 0 unspecified atom stereocenters. The summed E-state index contributed by atoms with van der Waals surface area (Å²) in [6.07, 6.45) is 6.08. The summed E-state index contributed by atoms with van der Waals surface area (Å²) in [7, 11) is 0. The van der Waals surface area contributed by atoms with Crippen LogP contribution < -0.4 is 0 Å². The van der Waals surface area contributed by atoms with Gasteiger partial charge in [-0.05, 0) is 17.2 Å². The number of aromatic nitrogens is 1. The molecule has 0 bridgehead atoms. The summed E-state index contributed by atoms with van der Waals surface area (Å²) in [6, 6.07) is 24.6. The van der Waals surface area contributed by atoms with Gasteiger partial charge < -0.3 is 0 Å². The van der Waals surface area contributed by atoms with Gasteiger partial charge in [-0.3, -0.25) is 4.98 Å². The lowest BCUT2D eigenvalue weighted by atomic mass is 10.1. The van der Waals surface area contributed by atoms with Gasteiger partial charge in [0.2, 0.25) is 0 Å². The second-order valence-corrected chi connectivity index (χ2v) is 4.59. The van der Waals surface area contributed by atoms with E-state index in [9.17, 15) is 0 Å². The first kappa shape index (κ1) is 12.4. The second-order valence-electron chi connectivity index (χ2n) is 4.59. The number of benzene rings is 2. The van der Waals surface area contributed by atoms with Crippen LogP contribution in [0.15, 0.2) is 79.0 Å². The first-order valence-corrected chi connectivity index (χ1v) is 6.66. The van der Waals surface area contributed by atoms with E-state index in [1.807, 2.05) is 42.6 Å². The molecule has 96 valence electrons.